The average Bonchev–Trinajstić information content (AvgIpc) is 2.48. The van der Waals surface area contributed by atoms with Crippen molar-refractivity contribution in [2.24, 2.45) is 0 Å². The van der Waals surface area contributed by atoms with Crippen LogP contribution in [0.25, 0.3) is 0 Å². The quantitative estimate of drug-likeness (QED) is 0.844. The second kappa shape index (κ2) is 7.28. The van der Waals surface area contributed by atoms with Gasteiger partial charge in [-0.1, -0.05) is 13.0 Å². The summed E-state index contributed by atoms with van der Waals surface area (Å²) in [5.41, 5.74) is 2.98. The van der Waals surface area contributed by atoms with Gasteiger partial charge >= 0.3 is 0 Å². The molecular weight excluding hydrogens is 250 g/mol. The second-order valence-electron chi connectivity index (χ2n) is 4.59. The van der Waals surface area contributed by atoms with Gasteiger partial charge < -0.3 is 10.6 Å². The van der Waals surface area contributed by atoms with Crippen molar-refractivity contribution < 1.29 is 4.79 Å². The van der Waals surface area contributed by atoms with Crippen molar-refractivity contribution in [1.82, 2.24) is 4.98 Å². The normalized spacial score (nSPS) is 10.1. The molecule has 0 bridgehead atoms. The number of carbonyl (C=O) groups is 1. The fourth-order valence-electron chi connectivity index (χ4n) is 1.83. The Balaban J connectivity index is 1.87. The van der Waals surface area contributed by atoms with Crippen molar-refractivity contribution >= 4 is 17.3 Å². The number of nitrogens with one attached hydrogen (secondary N) is 2. The lowest BCUT2D eigenvalue weighted by molar-refractivity contribution is -0.116. The van der Waals surface area contributed by atoms with Crippen molar-refractivity contribution in [2.45, 2.75) is 26.3 Å². The molecule has 0 aliphatic carbocycles. The molecule has 104 valence electrons. The predicted molar refractivity (Wildman–Crippen MR) is 81.5 cm³/mol. The van der Waals surface area contributed by atoms with Gasteiger partial charge in [0.15, 0.2) is 0 Å². The Kier molecular flexibility index (Phi) is 5.12. The standard InChI is InChI=1S/C16H19N3O/c1-2-4-16(20)19-15-8-6-14(7-9-15)18-12-13-5-3-10-17-11-13/h3,5-11,18H,2,4,12H2,1H3,(H,19,20). The van der Waals surface area contributed by atoms with E-state index in [0.29, 0.717) is 6.42 Å². The fraction of sp³-hybridized carbons (Fsp3) is 0.250. The third kappa shape index (κ3) is 4.39. The first-order chi connectivity index (χ1) is 9.78. The molecule has 4 heteroatoms. The number of nitrogens with zero attached hydrogens (tertiary/aromatic N) is 1. The fourth-order valence-corrected chi connectivity index (χ4v) is 1.83. The van der Waals surface area contributed by atoms with E-state index >= 15 is 0 Å². The van der Waals surface area contributed by atoms with Crippen LogP contribution in [-0.4, -0.2) is 10.9 Å². The minimum absolute atomic E-state index is 0.0589. The third-order valence-electron chi connectivity index (χ3n) is 2.87. The van der Waals surface area contributed by atoms with Crippen LogP contribution in [0.5, 0.6) is 0 Å². The Morgan fingerprint density at radius 1 is 1.15 bits per heavy atom. The van der Waals surface area contributed by atoms with E-state index in [2.05, 4.69) is 15.6 Å². The van der Waals surface area contributed by atoms with Gasteiger partial charge in [0.1, 0.15) is 0 Å². The van der Waals surface area contributed by atoms with Crippen LogP contribution in [0.1, 0.15) is 25.3 Å². The molecule has 0 aliphatic heterocycles. The summed E-state index contributed by atoms with van der Waals surface area (Å²) < 4.78 is 0. The highest BCUT2D eigenvalue weighted by molar-refractivity contribution is 5.90. The molecule has 0 fully saturated rings. The van der Waals surface area contributed by atoms with Crippen LogP contribution in [0.15, 0.2) is 48.8 Å². The number of hydrogen-bond acceptors (Lipinski definition) is 3. The highest BCUT2D eigenvalue weighted by Crippen LogP contribution is 2.14. The Morgan fingerprint density at radius 2 is 1.90 bits per heavy atom. The lowest BCUT2D eigenvalue weighted by atomic mass is 10.2. The minimum Gasteiger partial charge on any atom is -0.381 e. The summed E-state index contributed by atoms with van der Waals surface area (Å²) in [6, 6.07) is 11.7. The van der Waals surface area contributed by atoms with Gasteiger partial charge in [0, 0.05) is 36.7 Å². The van der Waals surface area contributed by atoms with E-state index in [1.54, 1.807) is 6.20 Å². The van der Waals surface area contributed by atoms with Gasteiger partial charge in [-0.05, 0) is 42.3 Å². The summed E-state index contributed by atoms with van der Waals surface area (Å²) in [4.78, 5) is 15.5. The van der Waals surface area contributed by atoms with E-state index in [1.165, 1.54) is 0 Å². The summed E-state index contributed by atoms with van der Waals surface area (Å²) in [6.45, 7) is 2.72. The molecule has 0 saturated carbocycles. The number of rotatable bonds is 6. The number of pyridine rings is 1. The van der Waals surface area contributed by atoms with Crippen LogP contribution in [0.4, 0.5) is 11.4 Å². The van der Waals surface area contributed by atoms with Gasteiger partial charge in [-0.3, -0.25) is 9.78 Å². The van der Waals surface area contributed by atoms with Gasteiger partial charge in [-0.2, -0.15) is 0 Å². The Bertz CT molecular complexity index is 537. The van der Waals surface area contributed by atoms with E-state index in [0.717, 1.165) is 29.9 Å². The molecule has 0 radical (unpaired) electrons. The van der Waals surface area contributed by atoms with E-state index < -0.39 is 0 Å². The largest absolute Gasteiger partial charge is 0.381 e. The number of aromatic nitrogens is 1. The van der Waals surface area contributed by atoms with Crippen LogP contribution in [-0.2, 0) is 11.3 Å². The van der Waals surface area contributed by atoms with E-state index in [1.807, 2.05) is 49.5 Å². The maximum absolute atomic E-state index is 11.5. The molecule has 2 rings (SSSR count). The topological polar surface area (TPSA) is 54.0 Å². The maximum atomic E-state index is 11.5. The summed E-state index contributed by atoms with van der Waals surface area (Å²) >= 11 is 0. The predicted octanol–water partition coefficient (Wildman–Crippen LogP) is 3.43. The SMILES string of the molecule is CCCC(=O)Nc1ccc(NCc2cccnc2)cc1. The van der Waals surface area contributed by atoms with Crippen LogP contribution in [0, 0.1) is 0 Å². The summed E-state index contributed by atoms with van der Waals surface area (Å²) in [7, 11) is 0. The molecule has 0 spiro atoms. The van der Waals surface area contributed by atoms with E-state index in [9.17, 15) is 4.79 Å². The molecule has 2 aromatic rings. The highest BCUT2D eigenvalue weighted by atomic mass is 16.1. The van der Waals surface area contributed by atoms with E-state index in [-0.39, 0.29) is 5.91 Å². The number of hydrogen-bond donors (Lipinski definition) is 2. The zero-order valence-electron chi connectivity index (χ0n) is 11.6. The van der Waals surface area contributed by atoms with Crippen molar-refractivity contribution in [2.75, 3.05) is 10.6 Å². The van der Waals surface area contributed by atoms with Gasteiger partial charge in [-0.25, -0.2) is 0 Å². The lowest BCUT2D eigenvalue weighted by Gasteiger charge is -2.08. The zero-order chi connectivity index (χ0) is 14.2. The molecule has 1 amide bonds. The summed E-state index contributed by atoms with van der Waals surface area (Å²) in [5, 5.41) is 6.18. The highest BCUT2D eigenvalue weighted by Gasteiger charge is 2.00. The Labute approximate surface area is 119 Å². The molecular formula is C16H19N3O. The molecule has 0 unspecified atom stereocenters. The number of anilines is 2. The van der Waals surface area contributed by atoms with Gasteiger partial charge in [0.2, 0.25) is 5.91 Å². The number of carbonyl (C=O) groups excluding carboxylic acids is 1. The molecule has 1 heterocycles. The summed E-state index contributed by atoms with van der Waals surface area (Å²) in [6.07, 6.45) is 5.02. The van der Waals surface area contributed by atoms with Crippen LogP contribution >= 0.6 is 0 Å². The number of benzene rings is 1. The van der Waals surface area contributed by atoms with Gasteiger partial charge in [0.25, 0.3) is 0 Å². The van der Waals surface area contributed by atoms with E-state index in [4.69, 9.17) is 0 Å². The van der Waals surface area contributed by atoms with Crippen LogP contribution in [0.3, 0.4) is 0 Å². The molecule has 20 heavy (non-hydrogen) atoms. The molecule has 1 aromatic heterocycles. The second-order valence-corrected chi connectivity index (χ2v) is 4.59. The maximum Gasteiger partial charge on any atom is 0.224 e. The van der Waals surface area contributed by atoms with Gasteiger partial charge in [0.05, 0.1) is 0 Å². The Morgan fingerprint density at radius 3 is 2.55 bits per heavy atom. The molecule has 0 aliphatic rings. The minimum atomic E-state index is 0.0589. The van der Waals surface area contributed by atoms with Crippen molar-refractivity contribution in [3.63, 3.8) is 0 Å². The number of amides is 1. The Hall–Kier alpha value is -2.36. The third-order valence-corrected chi connectivity index (χ3v) is 2.87. The van der Waals surface area contributed by atoms with Crippen LogP contribution in [0.2, 0.25) is 0 Å². The zero-order valence-corrected chi connectivity index (χ0v) is 11.6. The van der Waals surface area contributed by atoms with Crippen molar-refractivity contribution in [3.8, 4) is 0 Å². The monoisotopic (exact) mass is 269 g/mol. The molecule has 4 nitrogen and oxygen atoms in total. The van der Waals surface area contributed by atoms with Crippen molar-refractivity contribution in [1.29, 1.82) is 0 Å². The first kappa shape index (κ1) is 14.1. The van der Waals surface area contributed by atoms with Crippen LogP contribution < -0.4 is 10.6 Å². The lowest BCUT2D eigenvalue weighted by Crippen LogP contribution is -2.10. The first-order valence-corrected chi connectivity index (χ1v) is 6.80. The average molecular weight is 269 g/mol. The van der Waals surface area contributed by atoms with Gasteiger partial charge in [-0.15, -0.1) is 0 Å². The summed E-state index contributed by atoms with van der Waals surface area (Å²) in [5.74, 6) is 0.0589. The smallest absolute Gasteiger partial charge is 0.224 e. The molecule has 1 aromatic carbocycles. The molecule has 0 saturated heterocycles. The first-order valence-electron chi connectivity index (χ1n) is 6.80. The molecule has 2 N–H and O–H groups in total. The van der Waals surface area contributed by atoms with Crippen molar-refractivity contribution in [3.05, 3.63) is 54.4 Å². The molecule has 0 atom stereocenters.